The zero-order valence-electron chi connectivity index (χ0n) is 18.7. The summed E-state index contributed by atoms with van der Waals surface area (Å²) >= 11 is 0. The normalized spacial score (nSPS) is 12.2. The molecule has 13 nitrogen and oxygen atoms in total. The fraction of sp³-hybridized carbons (Fsp3) is 0.0476. The predicted molar refractivity (Wildman–Crippen MR) is 135 cm³/mol. The summed E-state index contributed by atoms with van der Waals surface area (Å²) in [6, 6.07) is 11.2. The summed E-state index contributed by atoms with van der Waals surface area (Å²) in [7, 11) is -11.8. The molecule has 8 N–H and O–H groups in total. The Bertz CT molecular complexity index is 1870. The van der Waals surface area contributed by atoms with Crippen molar-refractivity contribution in [1.82, 2.24) is 0 Å². The molecule has 37 heavy (non-hydrogen) atoms. The van der Waals surface area contributed by atoms with Crippen LogP contribution in [0.25, 0.3) is 21.5 Å². The molecular formula is C21H20N2O11S3. The number of nitrogen functional groups attached to an aromatic ring is 1. The number of hydrogen-bond donors (Lipinski definition) is 7. The summed E-state index contributed by atoms with van der Waals surface area (Å²) in [4.78, 5) is -1.57. The van der Waals surface area contributed by atoms with Crippen molar-refractivity contribution in [2.75, 3.05) is 18.1 Å². The summed E-state index contributed by atoms with van der Waals surface area (Å²) < 4.78 is 93.2. The number of nitrogens with two attached hydrogens (primary N) is 1. The zero-order chi connectivity index (χ0) is 27.9. The Morgan fingerprint density at radius 2 is 1.14 bits per heavy atom. The van der Waals surface area contributed by atoms with E-state index in [1.165, 1.54) is 6.07 Å². The van der Waals surface area contributed by atoms with Gasteiger partial charge in [0.2, 0.25) is 0 Å². The van der Waals surface area contributed by atoms with Crippen molar-refractivity contribution in [3.8, 4) is 11.5 Å². The van der Waals surface area contributed by atoms with Crippen LogP contribution in [0.4, 0.5) is 11.4 Å². The average Bonchev–Trinajstić information content (AvgIpc) is 2.77. The largest absolute Gasteiger partial charge is 0.507 e. The van der Waals surface area contributed by atoms with E-state index in [0.29, 0.717) is 10.8 Å². The van der Waals surface area contributed by atoms with Crippen LogP contribution < -0.4 is 11.1 Å². The van der Waals surface area contributed by atoms with E-state index in [2.05, 4.69) is 5.32 Å². The van der Waals surface area contributed by atoms with Gasteiger partial charge in [-0.15, -0.1) is 0 Å². The zero-order valence-corrected chi connectivity index (χ0v) is 21.1. The van der Waals surface area contributed by atoms with Gasteiger partial charge in [0, 0.05) is 35.6 Å². The molecule has 0 aliphatic heterocycles. The van der Waals surface area contributed by atoms with Gasteiger partial charge in [-0.1, -0.05) is 0 Å². The number of nitrogens with one attached hydrogen (secondary N) is 1. The third kappa shape index (κ3) is 6.19. The van der Waals surface area contributed by atoms with Crippen molar-refractivity contribution in [1.29, 1.82) is 0 Å². The Morgan fingerprint density at radius 3 is 1.59 bits per heavy atom. The van der Waals surface area contributed by atoms with Gasteiger partial charge in [-0.3, -0.25) is 13.7 Å². The lowest BCUT2D eigenvalue weighted by molar-refractivity contribution is 0.470. The minimum Gasteiger partial charge on any atom is -0.507 e. The van der Waals surface area contributed by atoms with Crippen LogP contribution in [0, 0.1) is 0 Å². The molecule has 0 saturated carbocycles. The summed E-state index contributed by atoms with van der Waals surface area (Å²) in [5, 5.41) is 23.4. The van der Waals surface area contributed by atoms with E-state index < -0.39 is 45.9 Å². The minimum atomic E-state index is -4.60. The van der Waals surface area contributed by atoms with Crippen molar-refractivity contribution in [2.45, 2.75) is 14.7 Å². The maximum atomic E-state index is 11.1. The maximum absolute atomic E-state index is 11.1. The van der Waals surface area contributed by atoms with Crippen molar-refractivity contribution >= 4 is 63.3 Å². The Kier molecular flexibility index (Phi) is 7.28. The molecule has 16 heteroatoms. The highest BCUT2D eigenvalue weighted by molar-refractivity contribution is 7.86. The number of hydrogen-bond acceptors (Lipinski definition) is 10. The molecule has 0 unspecified atom stereocenters. The molecular weight excluding hydrogens is 552 g/mol. The highest BCUT2D eigenvalue weighted by atomic mass is 32.2. The van der Waals surface area contributed by atoms with Gasteiger partial charge in [0.15, 0.2) is 0 Å². The lowest BCUT2D eigenvalue weighted by atomic mass is 10.1. The minimum absolute atomic E-state index is 0.0283. The number of aromatic hydroxyl groups is 2. The van der Waals surface area contributed by atoms with Crippen molar-refractivity contribution in [3.63, 3.8) is 0 Å². The first kappa shape index (κ1) is 27.9. The molecule has 0 bridgehead atoms. The van der Waals surface area contributed by atoms with Gasteiger partial charge in [-0.25, -0.2) is 0 Å². The Labute approximate surface area is 211 Å². The van der Waals surface area contributed by atoms with E-state index in [1.54, 1.807) is 25.2 Å². The number of phenolic OH excluding ortho intramolecular Hbond substituents is 2. The van der Waals surface area contributed by atoms with Crippen molar-refractivity contribution in [3.05, 3.63) is 54.6 Å². The van der Waals surface area contributed by atoms with Crippen LogP contribution >= 0.6 is 0 Å². The van der Waals surface area contributed by atoms with Gasteiger partial charge >= 0.3 is 0 Å². The van der Waals surface area contributed by atoms with Crippen molar-refractivity contribution < 1.29 is 49.1 Å². The van der Waals surface area contributed by atoms with Crippen LogP contribution in [0.5, 0.6) is 11.5 Å². The molecule has 0 aliphatic rings. The second-order valence-electron chi connectivity index (χ2n) is 7.61. The number of benzene rings is 4. The molecule has 0 amide bonds. The number of phenols is 2. The molecule has 4 aromatic carbocycles. The second kappa shape index (κ2) is 9.66. The first-order valence-corrected chi connectivity index (χ1v) is 14.2. The standard InChI is InChI=1S/C11H11NO4S.C10H9NO7S2/c1-12-8-2-3-10-7(4-8)5-9(6-11(10)13)17(14,15)16;11-8-4-7-5(2-10(8)20(16,17)18)1-6(3-9(7)12)19(13,14)15/h2-6,12-13H,1H3,(H,14,15,16);1-4,12H,11H2,(H,13,14,15)(H,16,17,18). The highest BCUT2D eigenvalue weighted by Gasteiger charge is 2.19. The molecule has 4 aromatic rings. The third-order valence-electron chi connectivity index (χ3n) is 5.10. The molecule has 0 heterocycles. The summed E-state index contributed by atoms with van der Waals surface area (Å²) in [6.07, 6.45) is 0. The maximum Gasteiger partial charge on any atom is 0.296 e. The first-order chi connectivity index (χ1) is 16.9. The van der Waals surface area contributed by atoms with Crippen LogP contribution in [-0.2, 0) is 30.4 Å². The Balaban J connectivity index is 0.000000208. The van der Waals surface area contributed by atoms with Crippen LogP contribution in [0.3, 0.4) is 0 Å². The molecule has 0 aromatic heterocycles. The molecule has 0 spiro atoms. The lowest BCUT2D eigenvalue weighted by Gasteiger charge is -2.08. The molecule has 0 fully saturated rings. The van der Waals surface area contributed by atoms with Gasteiger partial charge in [0.25, 0.3) is 30.4 Å². The van der Waals surface area contributed by atoms with Crippen LogP contribution in [0.1, 0.15) is 0 Å². The van der Waals surface area contributed by atoms with Gasteiger partial charge < -0.3 is 21.3 Å². The first-order valence-electron chi connectivity index (χ1n) is 9.85. The van der Waals surface area contributed by atoms with Gasteiger partial charge in [0.1, 0.15) is 16.4 Å². The fourth-order valence-electron chi connectivity index (χ4n) is 3.36. The van der Waals surface area contributed by atoms with Gasteiger partial charge in [0.05, 0.1) is 15.5 Å². The van der Waals surface area contributed by atoms with E-state index >= 15 is 0 Å². The SMILES string of the molecule is CNc1ccc2c(O)cc(S(=O)(=O)O)cc2c1.Nc1cc2c(O)cc(S(=O)(=O)O)cc2cc1S(=O)(=O)O. The number of rotatable bonds is 4. The Morgan fingerprint density at radius 1 is 0.649 bits per heavy atom. The fourth-order valence-corrected chi connectivity index (χ4v) is 5.07. The predicted octanol–water partition coefficient (Wildman–Crippen LogP) is 2.45. The second-order valence-corrected chi connectivity index (χ2v) is 11.8. The van der Waals surface area contributed by atoms with E-state index in [1.807, 2.05) is 0 Å². The third-order valence-corrected chi connectivity index (χ3v) is 7.67. The molecule has 0 aliphatic carbocycles. The molecule has 198 valence electrons. The summed E-state index contributed by atoms with van der Waals surface area (Å²) in [5.41, 5.74) is 5.92. The van der Waals surface area contributed by atoms with E-state index in [4.69, 9.17) is 19.4 Å². The summed E-state index contributed by atoms with van der Waals surface area (Å²) in [5.74, 6) is -0.693. The van der Waals surface area contributed by atoms with E-state index in [0.717, 1.165) is 36.0 Å². The topological polar surface area (TPSA) is 242 Å². The molecule has 0 radical (unpaired) electrons. The summed E-state index contributed by atoms with van der Waals surface area (Å²) in [6.45, 7) is 0. The van der Waals surface area contributed by atoms with Crippen LogP contribution in [0.15, 0.2) is 69.3 Å². The lowest BCUT2D eigenvalue weighted by Crippen LogP contribution is -2.03. The number of fused-ring (bicyclic) bond motifs is 2. The van der Waals surface area contributed by atoms with E-state index in [9.17, 15) is 35.5 Å². The highest BCUT2D eigenvalue weighted by Crippen LogP contribution is 2.33. The van der Waals surface area contributed by atoms with Crippen LogP contribution in [-0.4, -0.2) is 56.2 Å². The Hall–Kier alpha value is -3.67. The molecule has 4 rings (SSSR count). The number of anilines is 2. The van der Waals surface area contributed by atoms with Gasteiger partial charge in [-0.2, -0.15) is 25.3 Å². The van der Waals surface area contributed by atoms with Crippen LogP contribution in [0.2, 0.25) is 0 Å². The monoisotopic (exact) mass is 572 g/mol. The van der Waals surface area contributed by atoms with E-state index in [-0.39, 0.29) is 27.1 Å². The van der Waals surface area contributed by atoms with Crippen molar-refractivity contribution in [2.24, 2.45) is 0 Å². The smallest absolute Gasteiger partial charge is 0.296 e. The van der Waals surface area contributed by atoms with Gasteiger partial charge in [-0.05, 0) is 53.2 Å². The molecule has 0 saturated heterocycles. The quantitative estimate of drug-likeness (QED) is 0.137. The molecule has 0 atom stereocenters. The average molecular weight is 573 g/mol.